The van der Waals surface area contributed by atoms with Crippen LogP contribution < -0.4 is 5.73 Å². The molecule has 18 heavy (non-hydrogen) atoms. The predicted octanol–water partition coefficient (Wildman–Crippen LogP) is 0.997. The smallest absolute Gasteiger partial charge is 0.153 e. The molecule has 0 radical (unpaired) electrons. The number of nitrogens with zero attached hydrogens (tertiary/aromatic N) is 4. The summed E-state index contributed by atoms with van der Waals surface area (Å²) in [5.41, 5.74) is 8.70. The van der Waals surface area contributed by atoms with Crippen molar-refractivity contribution in [1.82, 2.24) is 19.5 Å². The fourth-order valence-corrected chi connectivity index (χ4v) is 2.70. The normalized spacial score (nSPS) is 21.6. The Morgan fingerprint density at radius 2 is 2.33 bits per heavy atom. The van der Waals surface area contributed by atoms with Gasteiger partial charge in [0.25, 0.3) is 0 Å². The van der Waals surface area contributed by atoms with Crippen molar-refractivity contribution in [3.05, 3.63) is 29.7 Å². The van der Waals surface area contributed by atoms with Crippen molar-refractivity contribution in [2.45, 2.75) is 25.3 Å². The van der Waals surface area contributed by atoms with E-state index in [1.165, 1.54) is 19.4 Å². The number of likely N-dealkylation sites (N-methyl/N-ethyl adjacent to an activating group) is 1. The molecule has 0 saturated carbocycles. The van der Waals surface area contributed by atoms with Gasteiger partial charge in [0.2, 0.25) is 0 Å². The van der Waals surface area contributed by atoms with Crippen LogP contribution in [0.5, 0.6) is 0 Å². The summed E-state index contributed by atoms with van der Waals surface area (Å²) >= 11 is 0. The number of hydrogen-bond donors (Lipinski definition) is 1. The molecule has 1 aliphatic heterocycles. The standard InChI is InChI=1S/C13H19N5/c1-17-6-2-3-10(9-17)12-4-5-13-15-8-11(7-14)18(13)16-12/h4-5,8,10H,2-3,6-7,9,14H2,1H3. The van der Waals surface area contributed by atoms with Crippen LogP contribution in [-0.4, -0.2) is 39.6 Å². The molecule has 1 atom stereocenters. The number of likely N-dealkylation sites (tertiary alicyclic amines) is 1. The highest BCUT2D eigenvalue weighted by Crippen LogP contribution is 2.24. The van der Waals surface area contributed by atoms with Crippen LogP contribution in [0.25, 0.3) is 5.65 Å². The third-order valence-corrected chi connectivity index (χ3v) is 3.71. The molecule has 0 aliphatic carbocycles. The third-order valence-electron chi connectivity index (χ3n) is 3.71. The van der Waals surface area contributed by atoms with Gasteiger partial charge in [0.05, 0.1) is 17.6 Å². The van der Waals surface area contributed by atoms with Crippen LogP contribution in [0.4, 0.5) is 0 Å². The molecule has 1 aliphatic rings. The minimum absolute atomic E-state index is 0.474. The molecule has 2 aromatic heterocycles. The maximum atomic E-state index is 5.70. The van der Waals surface area contributed by atoms with Gasteiger partial charge in [0.15, 0.2) is 5.65 Å². The van der Waals surface area contributed by atoms with E-state index in [1.54, 1.807) is 6.20 Å². The molecule has 0 spiro atoms. The van der Waals surface area contributed by atoms with Crippen LogP contribution in [0.15, 0.2) is 18.3 Å². The topological polar surface area (TPSA) is 59.5 Å². The van der Waals surface area contributed by atoms with E-state index in [1.807, 2.05) is 10.6 Å². The summed E-state index contributed by atoms with van der Waals surface area (Å²) in [5.74, 6) is 0.529. The first-order valence-corrected chi connectivity index (χ1v) is 6.50. The summed E-state index contributed by atoms with van der Waals surface area (Å²) < 4.78 is 1.88. The lowest BCUT2D eigenvalue weighted by atomic mass is 9.95. The Morgan fingerprint density at radius 3 is 3.11 bits per heavy atom. The lowest BCUT2D eigenvalue weighted by Gasteiger charge is -2.29. The van der Waals surface area contributed by atoms with Crippen molar-refractivity contribution in [1.29, 1.82) is 0 Å². The van der Waals surface area contributed by atoms with Crippen LogP contribution >= 0.6 is 0 Å². The predicted molar refractivity (Wildman–Crippen MR) is 70.4 cm³/mol. The van der Waals surface area contributed by atoms with Crippen molar-refractivity contribution >= 4 is 5.65 Å². The second kappa shape index (κ2) is 4.66. The summed E-state index contributed by atoms with van der Waals surface area (Å²) in [5, 5.41) is 4.71. The maximum absolute atomic E-state index is 5.70. The Hall–Kier alpha value is -1.46. The fraction of sp³-hybridized carbons (Fsp3) is 0.538. The van der Waals surface area contributed by atoms with E-state index in [9.17, 15) is 0 Å². The van der Waals surface area contributed by atoms with Gasteiger partial charge in [-0.05, 0) is 38.6 Å². The summed E-state index contributed by atoms with van der Waals surface area (Å²) in [6.07, 6.45) is 4.27. The van der Waals surface area contributed by atoms with Gasteiger partial charge < -0.3 is 10.6 Å². The van der Waals surface area contributed by atoms with Gasteiger partial charge in [-0.1, -0.05) is 0 Å². The summed E-state index contributed by atoms with van der Waals surface area (Å²) in [6, 6.07) is 4.14. The van der Waals surface area contributed by atoms with Crippen LogP contribution in [0.2, 0.25) is 0 Å². The zero-order valence-corrected chi connectivity index (χ0v) is 10.7. The molecule has 2 aromatic rings. The molecule has 1 unspecified atom stereocenters. The number of piperidine rings is 1. The summed E-state index contributed by atoms with van der Waals surface area (Å²) in [7, 11) is 2.17. The number of fused-ring (bicyclic) bond motifs is 1. The first-order valence-electron chi connectivity index (χ1n) is 6.50. The highest BCUT2D eigenvalue weighted by atomic mass is 15.3. The molecule has 1 fully saturated rings. The van der Waals surface area contributed by atoms with E-state index in [4.69, 9.17) is 10.8 Å². The second-order valence-corrected chi connectivity index (χ2v) is 5.08. The van der Waals surface area contributed by atoms with Crippen LogP contribution in [0.3, 0.4) is 0 Å². The number of nitrogens with two attached hydrogens (primary N) is 1. The molecule has 0 bridgehead atoms. The Kier molecular flexibility index (Phi) is 3.01. The lowest BCUT2D eigenvalue weighted by molar-refractivity contribution is 0.247. The number of imidazole rings is 1. The van der Waals surface area contributed by atoms with Gasteiger partial charge in [-0.3, -0.25) is 0 Å². The maximum Gasteiger partial charge on any atom is 0.153 e. The van der Waals surface area contributed by atoms with Crippen molar-refractivity contribution in [2.75, 3.05) is 20.1 Å². The van der Waals surface area contributed by atoms with Gasteiger partial charge in [-0.15, -0.1) is 0 Å². The summed E-state index contributed by atoms with van der Waals surface area (Å²) in [4.78, 5) is 6.67. The van der Waals surface area contributed by atoms with E-state index < -0.39 is 0 Å². The van der Waals surface area contributed by atoms with Gasteiger partial charge >= 0.3 is 0 Å². The molecule has 0 amide bonds. The van der Waals surface area contributed by atoms with Gasteiger partial charge in [0, 0.05) is 19.0 Å². The van der Waals surface area contributed by atoms with Crippen molar-refractivity contribution in [2.24, 2.45) is 5.73 Å². The van der Waals surface area contributed by atoms with Crippen molar-refractivity contribution in [3.63, 3.8) is 0 Å². The first kappa shape index (κ1) is 11.6. The highest BCUT2D eigenvalue weighted by Gasteiger charge is 2.20. The molecule has 1 saturated heterocycles. The molecule has 96 valence electrons. The molecule has 2 N–H and O–H groups in total. The van der Waals surface area contributed by atoms with E-state index in [2.05, 4.69) is 23.0 Å². The first-order chi connectivity index (χ1) is 8.78. The largest absolute Gasteiger partial charge is 0.325 e. The molecular weight excluding hydrogens is 226 g/mol. The molecule has 3 rings (SSSR count). The monoisotopic (exact) mass is 245 g/mol. The molecule has 5 heteroatoms. The fourth-order valence-electron chi connectivity index (χ4n) is 2.70. The molecular formula is C13H19N5. The molecule has 0 aromatic carbocycles. The second-order valence-electron chi connectivity index (χ2n) is 5.08. The SMILES string of the molecule is CN1CCCC(c2ccc3ncc(CN)n3n2)C1. The van der Waals surface area contributed by atoms with E-state index in [-0.39, 0.29) is 0 Å². The zero-order chi connectivity index (χ0) is 12.5. The molecule has 3 heterocycles. The van der Waals surface area contributed by atoms with E-state index >= 15 is 0 Å². The average Bonchev–Trinajstić information content (AvgIpc) is 2.80. The Balaban J connectivity index is 1.96. The Labute approximate surface area is 107 Å². The van der Waals surface area contributed by atoms with Crippen LogP contribution in [0, 0.1) is 0 Å². The highest BCUT2D eigenvalue weighted by molar-refractivity contribution is 5.39. The minimum atomic E-state index is 0.474. The average molecular weight is 245 g/mol. The Morgan fingerprint density at radius 1 is 1.44 bits per heavy atom. The van der Waals surface area contributed by atoms with E-state index in [0.717, 1.165) is 23.6 Å². The molecule has 5 nitrogen and oxygen atoms in total. The summed E-state index contributed by atoms with van der Waals surface area (Å²) in [6.45, 7) is 2.76. The lowest BCUT2D eigenvalue weighted by Crippen LogP contribution is -2.31. The van der Waals surface area contributed by atoms with Crippen LogP contribution in [-0.2, 0) is 6.54 Å². The zero-order valence-electron chi connectivity index (χ0n) is 10.7. The van der Waals surface area contributed by atoms with Gasteiger partial charge in [0.1, 0.15) is 0 Å². The minimum Gasteiger partial charge on any atom is -0.325 e. The van der Waals surface area contributed by atoms with Crippen molar-refractivity contribution in [3.8, 4) is 0 Å². The third kappa shape index (κ3) is 2.00. The number of aromatic nitrogens is 3. The van der Waals surface area contributed by atoms with Crippen LogP contribution in [0.1, 0.15) is 30.1 Å². The van der Waals surface area contributed by atoms with Gasteiger partial charge in [-0.2, -0.15) is 5.10 Å². The number of hydrogen-bond acceptors (Lipinski definition) is 4. The number of rotatable bonds is 2. The quantitative estimate of drug-likeness (QED) is 0.857. The van der Waals surface area contributed by atoms with Gasteiger partial charge in [-0.25, -0.2) is 9.50 Å². The van der Waals surface area contributed by atoms with E-state index in [0.29, 0.717) is 12.5 Å². The Bertz CT molecular complexity index is 547. The van der Waals surface area contributed by atoms with Crippen molar-refractivity contribution < 1.29 is 0 Å².